The highest BCUT2D eigenvalue weighted by Gasteiger charge is 2.26. The lowest BCUT2D eigenvalue weighted by molar-refractivity contribution is -0.122. The summed E-state index contributed by atoms with van der Waals surface area (Å²) in [7, 11) is 0. The average Bonchev–Trinajstić information content (AvgIpc) is 3.21. The number of phenolic OH excluding ortho intramolecular Hbond substituents is 1. The minimum absolute atomic E-state index is 0. The van der Waals surface area contributed by atoms with E-state index in [9.17, 15) is 9.90 Å². The van der Waals surface area contributed by atoms with Gasteiger partial charge in [-0.3, -0.25) is 4.79 Å². The van der Waals surface area contributed by atoms with E-state index >= 15 is 0 Å². The number of carbonyl (C=O) groups is 1. The number of carbonyl (C=O) groups excluding carboxylic acids is 1. The smallest absolute Gasteiger partial charge is 0.221 e. The average molecular weight is 524 g/mol. The standard InChI is InChI=1S/C31H41N3O2.ClH/c1-21-6-5-9-23(16-21)27(18-31(36)33-25-12-10-24(32)11-13-25)29-20-34(19-22-7-3-2-4-8-22)30-15-14-26(35)17-28(29)30;/h5-6,9,14-17,20,22,24-25,27,35H,2-4,7-8,10-13,18-19,32H2,1H3,(H,33,36);1H. The Hall–Kier alpha value is -2.50. The number of aromatic hydroxyl groups is 1. The van der Waals surface area contributed by atoms with E-state index in [0.29, 0.717) is 12.3 Å². The van der Waals surface area contributed by atoms with Crippen molar-refractivity contribution >= 4 is 29.2 Å². The molecule has 2 fully saturated rings. The molecule has 5 rings (SSSR count). The fraction of sp³-hybridized carbons (Fsp3) is 0.516. The molecule has 2 aliphatic rings. The molecular formula is C31H42ClN3O2. The molecule has 2 saturated carbocycles. The van der Waals surface area contributed by atoms with Crippen molar-refractivity contribution in [3.63, 3.8) is 0 Å². The number of nitrogens with two attached hydrogens (primary N) is 1. The first-order valence-electron chi connectivity index (χ1n) is 13.9. The molecule has 4 N–H and O–H groups in total. The van der Waals surface area contributed by atoms with E-state index in [0.717, 1.165) is 54.3 Å². The van der Waals surface area contributed by atoms with Gasteiger partial charge in [0.25, 0.3) is 0 Å². The van der Waals surface area contributed by atoms with Crippen LogP contribution in [0.4, 0.5) is 0 Å². The van der Waals surface area contributed by atoms with Crippen molar-refractivity contribution in [1.82, 2.24) is 9.88 Å². The molecule has 0 aliphatic heterocycles. The van der Waals surface area contributed by atoms with Gasteiger partial charge in [-0.15, -0.1) is 12.4 Å². The molecule has 1 heterocycles. The summed E-state index contributed by atoms with van der Waals surface area (Å²) in [6, 6.07) is 14.7. The highest BCUT2D eigenvalue weighted by atomic mass is 35.5. The Bertz CT molecular complexity index is 1190. The van der Waals surface area contributed by atoms with Crippen LogP contribution < -0.4 is 11.1 Å². The van der Waals surface area contributed by atoms with Gasteiger partial charge >= 0.3 is 0 Å². The second kappa shape index (κ2) is 12.4. The molecule has 2 aliphatic carbocycles. The third kappa shape index (κ3) is 6.69. The molecule has 1 atom stereocenters. The Kier molecular flexibility index (Phi) is 9.20. The second-order valence-electron chi connectivity index (χ2n) is 11.3. The number of nitrogens with one attached hydrogen (secondary N) is 1. The number of benzene rings is 2. The Morgan fingerprint density at radius 3 is 2.54 bits per heavy atom. The minimum Gasteiger partial charge on any atom is -0.508 e. The van der Waals surface area contributed by atoms with Crippen molar-refractivity contribution in [1.29, 1.82) is 0 Å². The van der Waals surface area contributed by atoms with Gasteiger partial charge in [-0.25, -0.2) is 0 Å². The van der Waals surface area contributed by atoms with Crippen molar-refractivity contribution in [2.24, 2.45) is 11.7 Å². The topological polar surface area (TPSA) is 80.3 Å². The molecule has 5 nitrogen and oxygen atoms in total. The van der Waals surface area contributed by atoms with Crippen LogP contribution >= 0.6 is 12.4 Å². The lowest BCUT2D eigenvalue weighted by Gasteiger charge is -2.27. The lowest BCUT2D eigenvalue weighted by Crippen LogP contribution is -2.40. The van der Waals surface area contributed by atoms with Crippen molar-refractivity contribution in [3.8, 4) is 5.75 Å². The summed E-state index contributed by atoms with van der Waals surface area (Å²) in [6.07, 6.45) is 13.0. The molecule has 200 valence electrons. The predicted octanol–water partition coefficient (Wildman–Crippen LogP) is 6.57. The van der Waals surface area contributed by atoms with Gasteiger partial charge in [0.2, 0.25) is 5.91 Å². The van der Waals surface area contributed by atoms with Gasteiger partial charge in [-0.2, -0.15) is 0 Å². The summed E-state index contributed by atoms with van der Waals surface area (Å²) in [4.78, 5) is 13.4. The van der Waals surface area contributed by atoms with E-state index in [1.807, 2.05) is 12.1 Å². The van der Waals surface area contributed by atoms with Crippen LogP contribution in [0.25, 0.3) is 10.9 Å². The van der Waals surface area contributed by atoms with E-state index in [1.165, 1.54) is 37.7 Å². The van der Waals surface area contributed by atoms with Crippen molar-refractivity contribution in [2.75, 3.05) is 0 Å². The van der Waals surface area contributed by atoms with Crippen LogP contribution in [0.2, 0.25) is 0 Å². The maximum Gasteiger partial charge on any atom is 0.221 e. The quantitative estimate of drug-likeness (QED) is 0.328. The zero-order valence-corrected chi connectivity index (χ0v) is 22.8. The zero-order chi connectivity index (χ0) is 25.1. The summed E-state index contributed by atoms with van der Waals surface area (Å²) >= 11 is 0. The molecule has 6 heteroatoms. The van der Waals surface area contributed by atoms with E-state index < -0.39 is 0 Å². The van der Waals surface area contributed by atoms with E-state index in [1.54, 1.807) is 6.07 Å². The molecule has 1 unspecified atom stereocenters. The molecule has 0 saturated heterocycles. The van der Waals surface area contributed by atoms with Gasteiger partial charge in [-0.1, -0.05) is 49.1 Å². The number of fused-ring (bicyclic) bond motifs is 1. The number of phenols is 1. The van der Waals surface area contributed by atoms with Gasteiger partial charge in [0.05, 0.1) is 0 Å². The Morgan fingerprint density at radius 1 is 1.05 bits per heavy atom. The Morgan fingerprint density at radius 2 is 1.81 bits per heavy atom. The predicted molar refractivity (Wildman–Crippen MR) is 153 cm³/mol. The fourth-order valence-electron chi connectivity index (χ4n) is 6.42. The van der Waals surface area contributed by atoms with Crippen LogP contribution in [-0.2, 0) is 11.3 Å². The molecule has 1 amide bonds. The van der Waals surface area contributed by atoms with E-state index in [4.69, 9.17) is 5.73 Å². The van der Waals surface area contributed by atoms with Gasteiger partial charge < -0.3 is 20.7 Å². The first-order valence-corrected chi connectivity index (χ1v) is 13.9. The molecule has 0 radical (unpaired) electrons. The SMILES string of the molecule is Cc1cccc(C(CC(=O)NC2CCC(N)CC2)c2cn(CC3CCCCC3)c3ccc(O)cc23)c1.Cl. The van der Waals surface area contributed by atoms with Crippen LogP contribution in [0.15, 0.2) is 48.7 Å². The second-order valence-corrected chi connectivity index (χ2v) is 11.3. The van der Waals surface area contributed by atoms with Crippen LogP contribution in [0, 0.1) is 12.8 Å². The van der Waals surface area contributed by atoms with Gasteiger partial charge in [-0.05, 0) is 80.7 Å². The summed E-state index contributed by atoms with van der Waals surface area (Å²) < 4.78 is 2.38. The Labute approximate surface area is 227 Å². The maximum absolute atomic E-state index is 13.4. The monoisotopic (exact) mass is 523 g/mol. The number of nitrogens with zero attached hydrogens (tertiary/aromatic N) is 1. The first-order chi connectivity index (χ1) is 17.5. The third-order valence-corrected chi connectivity index (χ3v) is 8.42. The highest BCUT2D eigenvalue weighted by molar-refractivity contribution is 5.88. The minimum atomic E-state index is -0.0762. The number of rotatable bonds is 7. The zero-order valence-electron chi connectivity index (χ0n) is 22.0. The van der Waals surface area contributed by atoms with E-state index in [2.05, 4.69) is 47.3 Å². The summed E-state index contributed by atoms with van der Waals surface area (Å²) in [5.41, 5.74) is 10.7. The normalized spacial score (nSPS) is 21.4. The molecule has 0 bridgehead atoms. The summed E-state index contributed by atoms with van der Waals surface area (Å²) in [5.74, 6) is 0.975. The number of hydrogen-bond donors (Lipinski definition) is 3. The molecule has 0 spiro atoms. The lowest BCUT2D eigenvalue weighted by atomic mass is 9.86. The third-order valence-electron chi connectivity index (χ3n) is 8.42. The maximum atomic E-state index is 13.4. The van der Waals surface area contributed by atoms with Crippen LogP contribution in [0.5, 0.6) is 5.75 Å². The number of halogens is 1. The molecule has 2 aromatic carbocycles. The van der Waals surface area contributed by atoms with Gasteiger partial charge in [0.1, 0.15) is 5.75 Å². The molecular weight excluding hydrogens is 482 g/mol. The van der Waals surface area contributed by atoms with Crippen LogP contribution in [-0.4, -0.2) is 27.7 Å². The number of aryl methyl sites for hydroxylation is 1. The van der Waals surface area contributed by atoms with Crippen molar-refractivity contribution in [2.45, 2.75) is 95.7 Å². The largest absolute Gasteiger partial charge is 0.508 e. The number of amides is 1. The summed E-state index contributed by atoms with van der Waals surface area (Å²) in [5, 5.41) is 14.8. The number of hydrogen-bond acceptors (Lipinski definition) is 3. The summed E-state index contributed by atoms with van der Waals surface area (Å²) in [6.45, 7) is 3.10. The van der Waals surface area contributed by atoms with Crippen molar-refractivity contribution < 1.29 is 9.90 Å². The highest BCUT2D eigenvalue weighted by Crippen LogP contribution is 2.38. The van der Waals surface area contributed by atoms with Crippen LogP contribution in [0.1, 0.15) is 86.8 Å². The molecule has 1 aromatic heterocycles. The fourth-order valence-corrected chi connectivity index (χ4v) is 6.42. The van der Waals surface area contributed by atoms with Gasteiger partial charge in [0, 0.05) is 48.1 Å². The molecule has 37 heavy (non-hydrogen) atoms. The number of aromatic nitrogens is 1. The van der Waals surface area contributed by atoms with Crippen LogP contribution in [0.3, 0.4) is 0 Å². The molecule has 3 aromatic rings. The Balaban J connectivity index is 0.00000320. The van der Waals surface area contributed by atoms with Crippen molar-refractivity contribution in [3.05, 3.63) is 65.4 Å². The van der Waals surface area contributed by atoms with E-state index in [-0.39, 0.29) is 42.1 Å². The van der Waals surface area contributed by atoms with Gasteiger partial charge in [0.15, 0.2) is 0 Å². The first kappa shape index (κ1) is 27.5.